The fourth-order valence-corrected chi connectivity index (χ4v) is 3.52. The molecule has 0 spiro atoms. The Balaban J connectivity index is 1.81. The Kier molecular flexibility index (Phi) is 7.89. The Morgan fingerprint density at radius 2 is 2.08 bits per heavy atom. The van der Waals surface area contributed by atoms with E-state index >= 15 is 0 Å². The Bertz CT molecular complexity index is 733. The van der Waals surface area contributed by atoms with Crippen molar-refractivity contribution in [1.29, 1.82) is 0 Å². The molecule has 0 saturated carbocycles. The van der Waals surface area contributed by atoms with E-state index in [1.807, 2.05) is 36.4 Å². The third-order valence-electron chi connectivity index (χ3n) is 3.65. The van der Waals surface area contributed by atoms with Crippen LogP contribution in [0.5, 0.6) is 5.75 Å². The van der Waals surface area contributed by atoms with Crippen molar-refractivity contribution in [3.05, 3.63) is 76.8 Å². The van der Waals surface area contributed by atoms with E-state index < -0.39 is 0 Å². The summed E-state index contributed by atoms with van der Waals surface area (Å²) in [5.41, 5.74) is 2.71. The van der Waals surface area contributed by atoms with Crippen molar-refractivity contribution in [3.63, 3.8) is 0 Å². The highest BCUT2D eigenvalue weighted by Crippen LogP contribution is 2.21. The zero-order valence-electron chi connectivity index (χ0n) is 14.3. The predicted octanol–water partition coefficient (Wildman–Crippen LogP) is 4.74. The van der Waals surface area contributed by atoms with Gasteiger partial charge in [-0.05, 0) is 41.8 Å². The highest BCUT2D eigenvalue weighted by Gasteiger charge is 2.09. The highest BCUT2D eigenvalue weighted by molar-refractivity contribution is 7.98. The molecule has 0 aliphatic heterocycles. The lowest BCUT2D eigenvalue weighted by Gasteiger charge is -2.10. The summed E-state index contributed by atoms with van der Waals surface area (Å²) in [4.78, 5) is 12.3. The van der Waals surface area contributed by atoms with E-state index in [1.54, 1.807) is 31.0 Å². The summed E-state index contributed by atoms with van der Waals surface area (Å²) in [6, 6.07) is 13.3. The molecule has 0 unspecified atom stereocenters. The van der Waals surface area contributed by atoms with E-state index in [-0.39, 0.29) is 5.91 Å². The van der Waals surface area contributed by atoms with Gasteiger partial charge in [0.1, 0.15) is 5.75 Å². The maximum atomic E-state index is 12.3. The van der Waals surface area contributed by atoms with Crippen LogP contribution in [0.4, 0.5) is 0 Å². The number of hydrogen-bond donors (Lipinski definition) is 1. The normalized spacial score (nSPS) is 10.3. The Morgan fingerprint density at radius 1 is 1.28 bits per heavy atom. The summed E-state index contributed by atoms with van der Waals surface area (Å²) in [5.74, 6) is 2.35. The van der Waals surface area contributed by atoms with Crippen LogP contribution in [-0.2, 0) is 12.2 Å². The molecule has 5 heteroatoms. The molecule has 0 atom stereocenters. The first kappa shape index (κ1) is 19.4. The number of ether oxygens (including phenoxy) is 1. The van der Waals surface area contributed by atoms with Gasteiger partial charge in [-0.1, -0.05) is 35.9 Å². The van der Waals surface area contributed by atoms with Crippen LogP contribution >= 0.6 is 23.4 Å². The molecule has 2 aromatic rings. The fourth-order valence-electron chi connectivity index (χ4n) is 2.37. The first-order valence-corrected chi connectivity index (χ1v) is 9.56. The van der Waals surface area contributed by atoms with E-state index in [9.17, 15) is 4.79 Å². The Hall–Kier alpha value is -1.91. The number of amides is 1. The fraction of sp³-hybridized carbons (Fsp3) is 0.250. The van der Waals surface area contributed by atoms with Gasteiger partial charge in [-0.3, -0.25) is 4.79 Å². The van der Waals surface area contributed by atoms with Crippen molar-refractivity contribution >= 4 is 29.3 Å². The first-order valence-electron chi connectivity index (χ1n) is 8.03. The van der Waals surface area contributed by atoms with Crippen LogP contribution in [0, 0.1) is 0 Å². The predicted molar refractivity (Wildman–Crippen MR) is 107 cm³/mol. The molecule has 2 aromatic carbocycles. The SMILES string of the molecule is C=CCc1cc(C(=O)NCCSCc2ccccc2Cl)ccc1OC. The standard InChI is InChI=1S/C20H22ClNO2S/c1-3-6-15-13-16(9-10-19(15)24-2)20(23)22-11-12-25-14-17-7-4-5-8-18(17)21/h3-5,7-10,13H,1,6,11-12,14H2,2H3,(H,22,23). The van der Waals surface area contributed by atoms with Gasteiger partial charge in [0.2, 0.25) is 0 Å². The molecule has 132 valence electrons. The van der Waals surface area contributed by atoms with Gasteiger partial charge in [-0.15, -0.1) is 6.58 Å². The molecule has 0 saturated heterocycles. The second kappa shape index (κ2) is 10.2. The number of halogens is 1. The van der Waals surface area contributed by atoms with E-state index in [0.717, 1.165) is 33.4 Å². The molecule has 0 radical (unpaired) electrons. The number of hydrogen-bond acceptors (Lipinski definition) is 3. The van der Waals surface area contributed by atoms with Crippen molar-refractivity contribution in [2.24, 2.45) is 0 Å². The van der Waals surface area contributed by atoms with Crippen LogP contribution in [0.15, 0.2) is 55.1 Å². The van der Waals surface area contributed by atoms with E-state index in [2.05, 4.69) is 11.9 Å². The zero-order chi connectivity index (χ0) is 18.1. The maximum Gasteiger partial charge on any atom is 0.251 e. The number of allylic oxidation sites excluding steroid dienone is 1. The molecule has 0 bridgehead atoms. The largest absolute Gasteiger partial charge is 0.496 e. The maximum absolute atomic E-state index is 12.3. The number of rotatable bonds is 9. The minimum absolute atomic E-state index is 0.0775. The van der Waals surface area contributed by atoms with Gasteiger partial charge >= 0.3 is 0 Å². The van der Waals surface area contributed by atoms with Crippen LogP contribution in [0.25, 0.3) is 0 Å². The number of carbonyl (C=O) groups excluding carboxylic acids is 1. The molecular weight excluding hydrogens is 354 g/mol. The lowest BCUT2D eigenvalue weighted by molar-refractivity contribution is 0.0956. The third-order valence-corrected chi connectivity index (χ3v) is 5.03. The number of nitrogens with one attached hydrogen (secondary N) is 1. The van der Waals surface area contributed by atoms with E-state index in [0.29, 0.717) is 18.5 Å². The summed E-state index contributed by atoms with van der Waals surface area (Å²) >= 11 is 7.88. The van der Waals surface area contributed by atoms with E-state index in [1.165, 1.54) is 0 Å². The molecule has 0 aromatic heterocycles. The second-order valence-electron chi connectivity index (χ2n) is 5.42. The number of methoxy groups -OCH3 is 1. The van der Waals surface area contributed by atoms with Gasteiger partial charge in [-0.25, -0.2) is 0 Å². The van der Waals surface area contributed by atoms with Gasteiger partial charge in [0.05, 0.1) is 7.11 Å². The smallest absolute Gasteiger partial charge is 0.251 e. The van der Waals surface area contributed by atoms with Gasteiger partial charge in [0.15, 0.2) is 0 Å². The summed E-state index contributed by atoms with van der Waals surface area (Å²) in [6.07, 6.45) is 2.46. The minimum Gasteiger partial charge on any atom is -0.496 e. The topological polar surface area (TPSA) is 38.3 Å². The van der Waals surface area contributed by atoms with Crippen LogP contribution in [-0.4, -0.2) is 25.3 Å². The summed E-state index contributed by atoms with van der Waals surface area (Å²) in [7, 11) is 1.62. The van der Waals surface area contributed by atoms with Crippen molar-refractivity contribution in [2.45, 2.75) is 12.2 Å². The highest BCUT2D eigenvalue weighted by atomic mass is 35.5. The molecule has 1 N–H and O–H groups in total. The Labute approximate surface area is 158 Å². The van der Waals surface area contributed by atoms with Gasteiger partial charge in [-0.2, -0.15) is 11.8 Å². The van der Waals surface area contributed by atoms with Crippen molar-refractivity contribution in [3.8, 4) is 5.75 Å². The van der Waals surface area contributed by atoms with Crippen molar-refractivity contribution in [2.75, 3.05) is 19.4 Å². The van der Waals surface area contributed by atoms with Crippen molar-refractivity contribution < 1.29 is 9.53 Å². The van der Waals surface area contributed by atoms with Crippen LogP contribution < -0.4 is 10.1 Å². The van der Waals surface area contributed by atoms with Gasteiger partial charge < -0.3 is 10.1 Å². The van der Waals surface area contributed by atoms with Crippen LogP contribution in [0.1, 0.15) is 21.5 Å². The van der Waals surface area contributed by atoms with Crippen LogP contribution in [0.2, 0.25) is 5.02 Å². The van der Waals surface area contributed by atoms with Crippen molar-refractivity contribution in [1.82, 2.24) is 5.32 Å². The zero-order valence-corrected chi connectivity index (χ0v) is 15.8. The van der Waals surface area contributed by atoms with Crippen LogP contribution in [0.3, 0.4) is 0 Å². The average molecular weight is 376 g/mol. The summed E-state index contributed by atoms with van der Waals surface area (Å²) in [6.45, 7) is 4.35. The molecule has 1 amide bonds. The molecule has 2 rings (SSSR count). The summed E-state index contributed by atoms with van der Waals surface area (Å²) < 4.78 is 5.30. The Morgan fingerprint density at radius 3 is 2.80 bits per heavy atom. The minimum atomic E-state index is -0.0775. The molecule has 0 aliphatic carbocycles. The monoisotopic (exact) mass is 375 g/mol. The second-order valence-corrected chi connectivity index (χ2v) is 6.93. The van der Waals surface area contributed by atoms with Gasteiger partial charge in [0, 0.05) is 28.6 Å². The first-order chi connectivity index (χ1) is 12.2. The molecule has 0 heterocycles. The quantitative estimate of drug-likeness (QED) is 0.508. The lowest BCUT2D eigenvalue weighted by Crippen LogP contribution is -2.25. The average Bonchev–Trinajstić information content (AvgIpc) is 2.63. The molecule has 0 fully saturated rings. The summed E-state index contributed by atoms with van der Waals surface area (Å²) in [5, 5.41) is 3.73. The number of benzene rings is 2. The number of thioether (sulfide) groups is 1. The number of carbonyl (C=O) groups is 1. The lowest BCUT2D eigenvalue weighted by atomic mass is 10.1. The molecular formula is C20H22ClNO2S. The van der Waals surface area contributed by atoms with E-state index in [4.69, 9.17) is 16.3 Å². The molecule has 0 aliphatic rings. The molecule has 25 heavy (non-hydrogen) atoms. The van der Waals surface area contributed by atoms with Gasteiger partial charge in [0.25, 0.3) is 5.91 Å². The third kappa shape index (κ3) is 5.83. The molecule has 3 nitrogen and oxygen atoms in total.